The number of hydrogen-bond acceptors (Lipinski definition) is 5. The Balaban J connectivity index is 0.00000306. The first-order valence-corrected chi connectivity index (χ1v) is 12.3. The molecule has 33 heavy (non-hydrogen) atoms. The van der Waals surface area contributed by atoms with Gasteiger partial charge in [0.25, 0.3) is 0 Å². The molecule has 0 aromatic carbocycles. The van der Waals surface area contributed by atoms with E-state index in [0.29, 0.717) is 12.5 Å². The van der Waals surface area contributed by atoms with Crippen molar-refractivity contribution in [2.45, 2.75) is 51.1 Å². The third-order valence-corrected chi connectivity index (χ3v) is 7.12. The number of likely N-dealkylation sites (N-methyl/N-ethyl adjacent to an activating group) is 1. The maximum Gasteiger partial charge on any atom is 0.225 e. The largest absolute Gasteiger partial charge is 0.354 e. The Morgan fingerprint density at radius 2 is 1.88 bits per heavy atom. The number of halogens is 1. The highest BCUT2D eigenvalue weighted by Crippen LogP contribution is 2.26. The van der Waals surface area contributed by atoms with Gasteiger partial charge in [-0.2, -0.15) is 0 Å². The average molecular weight is 570 g/mol. The van der Waals surface area contributed by atoms with Crippen molar-refractivity contribution >= 4 is 41.7 Å². The van der Waals surface area contributed by atoms with E-state index in [1.807, 2.05) is 6.20 Å². The standard InChI is InChI=1S/C24H39N7O.HI/c1-25-24(28-21-9-11-31(18-21)23(32)20-6-4-3-5-7-20)27-17-19-8-10-26-22(16-19)30-14-12-29(2)13-15-30;/h8,10,16,20-21H,3-7,9,11-15,17-18H2,1-2H3,(H2,25,27,28);1H. The Morgan fingerprint density at radius 1 is 1.12 bits per heavy atom. The summed E-state index contributed by atoms with van der Waals surface area (Å²) in [6, 6.07) is 4.48. The first-order chi connectivity index (χ1) is 15.6. The number of rotatable bonds is 5. The smallest absolute Gasteiger partial charge is 0.225 e. The molecule has 4 rings (SSSR count). The van der Waals surface area contributed by atoms with Crippen LogP contribution in [0.2, 0.25) is 0 Å². The van der Waals surface area contributed by atoms with Gasteiger partial charge in [0.05, 0.1) is 0 Å². The van der Waals surface area contributed by atoms with Gasteiger partial charge in [-0.25, -0.2) is 4.98 Å². The van der Waals surface area contributed by atoms with E-state index in [1.54, 1.807) is 7.05 Å². The number of pyridine rings is 1. The van der Waals surface area contributed by atoms with Crippen LogP contribution in [0.25, 0.3) is 0 Å². The van der Waals surface area contributed by atoms with Crippen LogP contribution in [0.3, 0.4) is 0 Å². The average Bonchev–Trinajstić information content (AvgIpc) is 3.31. The fraction of sp³-hybridized carbons (Fsp3) is 0.708. The number of aliphatic imine (C=N–C) groups is 1. The van der Waals surface area contributed by atoms with Gasteiger partial charge in [-0.3, -0.25) is 9.79 Å². The monoisotopic (exact) mass is 569 g/mol. The number of nitrogens with one attached hydrogen (secondary N) is 2. The highest BCUT2D eigenvalue weighted by molar-refractivity contribution is 14.0. The van der Waals surface area contributed by atoms with Crippen molar-refractivity contribution in [3.63, 3.8) is 0 Å². The van der Waals surface area contributed by atoms with Gasteiger partial charge in [-0.1, -0.05) is 19.3 Å². The predicted molar refractivity (Wildman–Crippen MR) is 144 cm³/mol. The SMILES string of the molecule is CN=C(NCc1ccnc(N2CCN(C)CC2)c1)NC1CCN(C(=O)C2CCCCC2)C1.I. The normalized spacial score (nSPS) is 22.7. The molecule has 2 N–H and O–H groups in total. The molecule has 8 nitrogen and oxygen atoms in total. The summed E-state index contributed by atoms with van der Waals surface area (Å²) < 4.78 is 0. The molecule has 1 saturated carbocycles. The Kier molecular flexibility index (Phi) is 10.0. The summed E-state index contributed by atoms with van der Waals surface area (Å²) in [7, 11) is 3.97. The number of guanidine groups is 1. The minimum atomic E-state index is 0. The minimum Gasteiger partial charge on any atom is -0.354 e. The molecule has 3 fully saturated rings. The zero-order chi connectivity index (χ0) is 22.3. The van der Waals surface area contributed by atoms with Crippen LogP contribution in [0.4, 0.5) is 5.82 Å². The van der Waals surface area contributed by atoms with E-state index in [2.05, 4.69) is 54.5 Å². The number of amides is 1. The van der Waals surface area contributed by atoms with Gasteiger partial charge in [0.15, 0.2) is 5.96 Å². The summed E-state index contributed by atoms with van der Waals surface area (Å²) >= 11 is 0. The minimum absolute atomic E-state index is 0. The van der Waals surface area contributed by atoms with Gasteiger partial charge in [0.1, 0.15) is 5.82 Å². The molecule has 1 aliphatic carbocycles. The van der Waals surface area contributed by atoms with Crippen molar-refractivity contribution in [2.24, 2.45) is 10.9 Å². The molecule has 184 valence electrons. The van der Waals surface area contributed by atoms with E-state index in [1.165, 1.54) is 24.8 Å². The lowest BCUT2D eigenvalue weighted by Gasteiger charge is -2.33. The van der Waals surface area contributed by atoms with Crippen molar-refractivity contribution in [2.75, 3.05) is 58.3 Å². The lowest BCUT2D eigenvalue weighted by Crippen LogP contribution is -2.45. The molecule has 1 unspecified atom stereocenters. The molecule has 1 amide bonds. The maximum atomic E-state index is 12.8. The van der Waals surface area contributed by atoms with Gasteiger partial charge < -0.3 is 25.3 Å². The van der Waals surface area contributed by atoms with Crippen molar-refractivity contribution in [3.8, 4) is 0 Å². The molecule has 2 aliphatic heterocycles. The van der Waals surface area contributed by atoms with Gasteiger partial charge >= 0.3 is 0 Å². The van der Waals surface area contributed by atoms with Crippen LogP contribution in [-0.2, 0) is 11.3 Å². The number of likely N-dealkylation sites (tertiary alicyclic amines) is 1. The van der Waals surface area contributed by atoms with Crippen LogP contribution in [0.5, 0.6) is 0 Å². The predicted octanol–water partition coefficient (Wildman–Crippen LogP) is 2.30. The van der Waals surface area contributed by atoms with Crippen LogP contribution in [0, 0.1) is 5.92 Å². The third kappa shape index (κ3) is 7.18. The molecular weight excluding hydrogens is 529 g/mol. The van der Waals surface area contributed by atoms with Crippen LogP contribution in [0.1, 0.15) is 44.1 Å². The number of carbonyl (C=O) groups is 1. The summed E-state index contributed by atoms with van der Waals surface area (Å²) in [6.07, 6.45) is 8.69. The number of nitrogens with zero attached hydrogens (tertiary/aromatic N) is 5. The summed E-state index contributed by atoms with van der Waals surface area (Å²) in [6.45, 7) is 6.50. The van der Waals surface area contributed by atoms with Crippen LogP contribution >= 0.6 is 24.0 Å². The van der Waals surface area contributed by atoms with E-state index >= 15 is 0 Å². The fourth-order valence-electron chi connectivity index (χ4n) is 5.04. The van der Waals surface area contributed by atoms with Gasteiger partial charge in [-0.15, -0.1) is 24.0 Å². The maximum absolute atomic E-state index is 12.8. The van der Waals surface area contributed by atoms with E-state index in [0.717, 1.165) is 70.3 Å². The second-order valence-electron chi connectivity index (χ2n) is 9.49. The molecule has 9 heteroatoms. The van der Waals surface area contributed by atoms with E-state index in [4.69, 9.17) is 0 Å². The molecule has 0 bridgehead atoms. The quantitative estimate of drug-likeness (QED) is 0.322. The summed E-state index contributed by atoms with van der Waals surface area (Å²) in [5.41, 5.74) is 1.19. The molecule has 3 heterocycles. The molecule has 1 aromatic heterocycles. The van der Waals surface area contributed by atoms with Gasteiger partial charge in [0.2, 0.25) is 5.91 Å². The van der Waals surface area contributed by atoms with Gasteiger partial charge in [0, 0.05) is 71.0 Å². The van der Waals surface area contributed by atoms with Crippen LogP contribution < -0.4 is 15.5 Å². The second kappa shape index (κ2) is 12.7. The summed E-state index contributed by atoms with van der Waals surface area (Å²) in [5.74, 6) is 2.46. The summed E-state index contributed by atoms with van der Waals surface area (Å²) in [4.78, 5) is 28.6. The zero-order valence-electron chi connectivity index (χ0n) is 20.1. The first-order valence-electron chi connectivity index (χ1n) is 12.3. The van der Waals surface area contributed by atoms with Crippen molar-refractivity contribution in [1.82, 2.24) is 25.4 Å². The fourth-order valence-corrected chi connectivity index (χ4v) is 5.04. The Labute approximate surface area is 215 Å². The number of piperazine rings is 1. The topological polar surface area (TPSA) is 76.1 Å². The molecule has 1 atom stereocenters. The number of hydrogen-bond donors (Lipinski definition) is 2. The Bertz CT molecular complexity index is 791. The highest BCUT2D eigenvalue weighted by Gasteiger charge is 2.31. The van der Waals surface area contributed by atoms with E-state index in [9.17, 15) is 4.79 Å². The molecule has 2 saturated heterocycles. The Hall–Kier alpha value is -1.62. The van der Waals surface area contributed by atoms with Crippen LogP contribution in [-0.4, -0.2) is 86.1 Å². The first kappa shape index (κ1) is 26.0. The summed E-state index contributed by atoms with van der Waals surface area (Å²) in [5, 5.41) is 6.96. The van der Waals surface area contributed by atoms with Crippen molar-refractivity contribution in [3.05, 3.63) is 23.9 Å². The third-order valence-electron chi connectivity index (χ3n) is 7.12. The Morgan fingerprint density at radius 3 is 2.61 bits per heavy atom. The molecule has 0 spiro atoms. The van der Waals surface area contributed by atoms with Gasteiger partial charge in [-0.05, 0) is 44.0 Å². The zero-order valence-corrected chi connectivity index (χ0v) is 22.5. The van der Waals surface area contributed by atoms with E-state index in [-0.39, 0.29) is 35.9 Å². The molecule has 0 radical (unpaired) electrons. The lowest BCUT2D eigenvalue weighted by molar-refractivity contribution is -0.135. The molecule has 3 aliphatic rings. The molecular formula is C24H40IN7O. The van der Waals surface area contributed by atoms with Crippen molar-refractivity contribution < 1.29 is 4.79 Å². The number of aromatic nitrogens is 1. The van der Waals surface area contributed by atoms with E-state index < -0.39 is 0 Å². The highest BCUT2D eigenvalue weighted by atomic mass is 127. The second-order valence-corrected chi connectivity index (χ2v) is 9.49. The molecule has 1 aromatic rings. The van der Waals surface area contributed by atoms with Crippen molar-refractivity contribution in [1.29, 1.82) is 0 Å². The number of carbonyl (C=O) groups excluding carboxylic acids is 1. The van der Waals surface area contributed by atoms with Crippen LogP contribution in [0.15, 0.2) is 23.3 Å². The number of anilines is 1. The lowest BCUT2D eigenvalue weighted by atomic mass is 9.88.